The minimum atomic E-state index is -0.0802. The van der Waals surface area contributed by atoms with Crippen LogP contribution in [0.2, 0.25) is 0 Å². The number of rotatable bonds is 7. The summed E-state index contributed by atoms with van der Waals surface area (Å²) in [6, 6.07) is 9.38. The number of carbonyl (C=O) groups excluding carboxylic acids is 1. The molecule has 0 bridgehead atoms. The largest absolute Gasteiger partial charge is 0.497 e. The van der Waals surface area contributed by atoms with Crippen LogP contribution in [0.25, 0.3) is 10.9 Å². The number of benzene rings is 1. The minimum absolute atomic E-state index is 0.0802. The Bertz CT molecular complexity index is 808. The summed E-state index contributed by atoms with van der Waals surface area (Å²) < 4.78 is 15.4. The molecular weight excluding hydrogens is 308 g/mol. The van der Waals surface area contributed by atoms with Gasteiger partial charge in [0.2, 0.25) is 0 Å². The number of hydrogen-bond donors (Lipinski definition) is 1. The molecule has 6 nitrogen and oxygen atoms in total. The highest BCUT2D eigenvalue weighted by Crippen LogP contribution is 2.22. The molecule has 0 atom stereocenters. The van der Waals surface area contributed by atoms with Crippen LogP contribution in [0.15, 0.2) is 47.3 Å². The van der Waals surface area contributed by atoms with Gasteiger partial charge in [-0.05, 0) is 24.3 Å². The van der Waals surface area contributed by atoms with E-state index in [0.717, 1.165) is 22.2 Å². The van der Waals surface area contributed by atoms with E-state index < -0.39 is 0 Å². The number of aromatic amines is 1. The van der Waals surface area contributed by atoms with Gasteiger partial charge in [0, 0.05) is 42.7 Å². The molecule has 0 aliphatic rings. The van der Waals surface area contributed by atoms with Crippen molar-refractivity contribution in [1.29, 1.82) is 0 Å². The van der Waals surface area contributed by atoms with Gasteiger partial charge in [-0.25, -0.2) is 0 Å². The molecule has 1 aromatic carbocycles. The molecule has 6 heteroatoms. The van der Waals surface area contributed by atoms with Gasteiger partial charge in [-0.2, -0.15) is 0 Å². The smallest absolute Gasteiger partial charge is 0.270 e. The van der Waals surface area contributed by atoms with Gasteiger partial charge < -0.3 is 23.8 Å². The molecule has 2 heterocycles. The maximum atomic E-state index is 12.9. The van der Waals surface area contributed by atoms with E-state index >= 15 is 0 Å². The Balaban J connectivity index is 1.85. The maximum Gasteiger partial charge on any atom is 0.270 e. The number of methoxy groups -OCH3 is 2. The number of hydrogen-bond acceptors (Lipinski definition) is 4. The van der Waals surface area contributed by atoms with Crippen molar-refractivity contribution in [1.82, 2.24) is 9.88 Å². The van der Waals surface area contributed by atoms with E-state index in [4.69, 9.17) is 13.9 Å². The Morgan fingerprint density at radius 1 is 1.25 bits per heavy atom. The number of furan rings is 1. The summed E-state index contributed by atoms with van der Waals surface area (Å²) in [5, 5.41) is 0.967. The number of aromatic nitrogens is 1. The van der Waals surface area contributed by atoms with Crippen LogP contribution in [0.4, 0.5) is 0 Å². The summed E-state index contributed by atoms with van der Waals surface area (Å²) in [5.41, 5.74) is 2.35. The van der Waals surface area contributed by atoms with Crippen molar-refractivity contribution in [3.05, 3.63) is 54.1 Å². The van der Waals surface area contributed by atoms with Crippen molar-refractivity contribution in [2.24, 2.45) is 0 Å². The Hall–Kier alpha value is -2.73. The second-order valence-electron chi connectivity index (χ2n) is 5.49. The fraction of sp³-hybridized carbons (Fsp3) is 0.278. The number of carbonyl (C=O) groups is 1. The summed E-state index contributed by atoms with van der Waals surface area (Å²) in [7, 11) is 3.24. The number of amides is 1. The van der Waals surface area contributed by atoms with Crippen molar-refractivity contribution in [3.8, 4) is 5.75 Å². The van der Waals surface area contributed by atoms with Crippen LogP contribution in [-0.2, 0) is 11.3 Å². The van der Waals surface area contributed by atoms with Crippen LogP contribution in [0.3, 0.4) is 0 Å². The highest BCUT2D eigenvalue weighted by molar-refractivity contribution is 5.98. The zero-order chi connectivity index (χ0) is 16.9. The molecule has 1 amide bonds. The van der Waals surface area contributed by atoms with Crippen molar-refractivity contribution in [3.63, 3.8) is 0 Å². The van der Waals surface area contributed by atoms with E-state index in [-0.39, 0.29) is 5.91 Å². The van der Waals surface area contributed by atoms with Crippen LogP contribution in [0, 0.1) is 0 Å². The lowest BCUT2D eigenvalue weighted by Crippen LogP contribution is -2.33. The number of H-pyrrole nitrogens is 1. The fourth-order valence-electron chi connectivity index (χ4n) is 2.58. The van der Waals surface area contributed by atoms with Gasteiger partial charge >= 0.3 is 0 Å². The summed E-state index contributed by atoms with van der Waals surface area (Å²) >= 11 is 0. The molecule has 0 spiro atoms. The average molecular weight is 328 g/mol. The van der Waals surface area contributed by atoms with Crippen LogP contribution in [-0.4, -0.2) is 43.2 Å². The van der Waals surface area contributed by atoms with E-state index in [9.17, 15) is 4.79 Å². The predicted molar refractivity (Wildman–Crippen MR) is 90.2 cm³/mol. The van der Waals surface area contributed by atoms with Crippen LogP contribution >= 0.6 is 0 Å². The molecule has 2 aromatic heterocycles. The third-order valence-corrected chi connectivity index (χ3v) is 3.87. The van der Waals surface area contributed by atoms with Gasteiger partial charge in [0.25, 0.3) is 5.91 Å². The second-order valence-corrected chi connectivity index (χ2v) is 5.49. The maximum absolute atomic E-state index is 12.9. The summed E-state index contributed by atoms with van der Waals surface area (Å²) in [6.45, 7) is 1.44. The zero-order valence-corrected chi connectivity index (χ0v) is 13.7. The first-order valence-electron chi connectivity index (χ1n) is 7.67. The molecule has 0 unspecified atom stereocenters. The predicted octanol–water partition coefficient (Wildman–Crippen LogP) is 3.06. The van der Waals surface area contributed by atoms with Crippen molar-refractivity contribution in [2.75, 3.05) is 27.4 Å². The van der Waals surface area contributed by atoms with Gasteiger partial charge in [0.15, 0.2) is 0 Å². The molecule has 0 saturated heterocycles. The second kappa shape index (κ2) is 7.23. The molecule has 0 fully saturated rings. The monoisotopic (exact) mass is 328 g/mol. The lowest BCUT2D eigenvalue weighted by Gasteiger charge is -2.21. The Kier molecular flexibility index (Phi) is 4.86. The molecule has 126 valence electrons. The van der Waals surface area contributed by atoms with Crippen LogP contribution < -0.4 is 4.74 Å². The van der Waals surface area contributed by atoms with E-state index in [1.54, 1.807) is 31.6 Å². The quantitative estimate of drug-likeness (QED) is 0.724. The topological polar surface area (TPSA) is 67.7 Å². The standard InChI is InChI=1S/C18H20N2O4/c1-22-8-6-20(11-13-5-7-24-12-13)18(21)17-9-14-3-4-15(23-2)10-16(14)19-17/h3-5,7,9-10,12,19H,6,8,11H2,1-2H3. The molecule has 0 aliphatic carbocycles. The number of nitrogens with zero attached hydrogens (tertiary/aromatic N) is 1. The molecule has 3 aromatic rings. The summed E-state index contributed by atoms with van der Waals surface area (Å²) in [5.74, 6) is 0.668. The van der Waals surface area contributed by atoms with Gasteiger partial charge in [-0.15, -0.1) is 0 Å². The molecule has 0 radical (unpaired) electrons. The zero-order valence-electron chi connectivity index (χ0n) is 13.7. The van der Waals surface area contributed by atoms with Crippen molar-refractivity contribution in [2.45, 2.75) is 6.54 Å². The van der Waals surface area contributed by atoms with Crippen LogP contribution in [0.1, 0.15) is 16.1 Å². The summed E-state index contributed by atoms with van der Waals surface area (Å²) in [4.78, 5) is 17.8. The average Bonchev–Trinajstić information content (AvgIpc) is 3.26. The fourth-order valence-corrected chi connectivity index (χ4v) is 2.58. The first-order chi connectivity index (χ1) is 11.7. The molecule has 3 rings (SSSR count). The first kappa shape index (κ1) is 16.1. The highest BCUT2D eigenvalue weighted by atomic mass is 16.5. The molecular formula is C18H20N2O4. The lowest BCUT2D eigenvalue weighted by molar-refractivity contribution is 0.0675. The van der Waals surface area contributed by atoms with Crippen molar-refractivity contribution >= 4 is 16.8 Å². The Morgan fingerprint density at radius 3 is 2.83 bits per heavy atom. The van der Waals surface area contributed by atoms with Gasteiger partial charge in [0.05, 0.1) is 26.2 Å². The first-order valence-corrected chi connectivity index (χ1v) is 7.67. The normalized spacial score (nSPS) is 10.9. The highest BCUT2D eigenvalue weighted by Gasteiger charge is 2.18. The molecule has 0 saturated carbocycles. The summed E-state index contributed by atoms with van der Waals surface area (Å²) in [6.07, 6.45) is 3.24. The molecule has 0 aliphatic heterocycles. The SMILES string of the molecule is COCCN(Cc1ccoc1)C(=O)c1cc2ccc(OC)cc2[nH]1. The van der Waals surface area contributed by atoms with E-state index in [1.165, 1.54) is 0 Å². The third-order valence-electron chi connectivity index (χ3n) is 3.87. The van der Waals surface area contributed by atoms with E-state index in [2.05, 4.69) is 4.98 Å². The van der Waals surface area contributed by atoms with Gasteiger partial charge in [0.1, 0.15) is 11.4 Å². The van der Waals surface area contributed by atoms with E-state index in [0.29, 0.717) is 25.4 Å². The van der Waals surface area contributed by atoms with Crippen LogP contribution in [0.5, 0.6) is 5.75 Å². The Morgan fingerprint density at radius 2 is 2.12 bits per heavy atom. The minimum Gasteiger partial charge on any atom is -0.497 e. The third kappa shape index (κ3) is 3.44. The van der Waals surface area contributed by atoms with Crippen molar-refractivity contribution < 1.29 is 18.7 Å². The van der Waals surface area contributed by atoms with E-state index in [1.807, 2.05) is 30.3 Å². The van der Waals surface area contributed by atoms with Gasteiger partial charge in [-0.3, -0.25) is 4.79 Å². The molecule has 24 heavy (non-hydrogen) atoms. The van der Waals surface area contributed by atoms with Gasteiger partial charge in [-0.1, -0.05) is 0 Å². The number of nitrogens with one attached hydrogen (secondary N) is 1. The number of ether oxygens (including phenoxy) is 2. The lowest BCUT2D eigenvalue weighted by atomic mass is 10.2. The number of fused-ring (bicyclic) bond motifs is 1. The molecule has 1 N–H and O–H groups in total. The Labute approximate surface area is 140 Å².